The summed E-state index contributed by atoms with van der Waals surface area (Å²) in [6, 6.07) is 7.55. The van der Waals surface area contributed by atoms with Crippen LogP contribution in [0, 0.1) is 0 Å². The predicted octanol–water partition coefficient (Wildman–Crippen LogP) is 5.68. The normalized spacial score (nSPS) is 11.9. The number of benzene rings is 1. The molecule has 0 aliphatic rings. The van der Waals surface area contributed by atoms with Crippen molar-refractivity contribution in [3.8, 4) is 0 Å². The fourth-order valence-electron chi connectivity index (χ4n) is 3.07. The third kappa shape index (κ3) is 7.82. The molecule has 1 aromatic rings. The lowest BCUT2D eigenvalue weighted by atomic mass is 10.2. The number of hydrogen-bond acceptors (Lipinski definition) is 3. The Morgan fingerprint density at radius 2 is 1.07 bits per heavy atom. The Hall–Kier alpha value is -1.07. The lowest BCUT2D eigenvalue weighted by molar-refractivity contribution is 0.395. The molecule has 0 fully saturated rings. The topological polar surface area (TPSA) is 40.6 Å². The fourth-order valence-corrected chi connectivity index (χ4v) is 4.58. The highest BCUT2D eigenvalue weighted by atomic mass is 32.2. The number of nitrogens with zero attached hydrogens (tertiary/aromatic N) is 2. The Labute approximate surface area is 168 Å². The summed E-state index contributed by atoms with van der Waals surface area (Å²) in [6.45, 7) is 11.9. The van der Waals surface area contributed by atoms with Gasteiger partial charge in [-0.2, -0.15) is 4.31 Å². The largest absolute Gasteiger partial charge is 0.372 e. The zero-order chi connectivity index (χ0) is 20.1. The Morgan fingerprint density at radius 1 is 0.667 bits per heavy atom. The summed E-state index contributed by atoms with van der Waals surface area (Å²) in [5, 5.41) is 0. The number of anilines is 1. The molecule has 0 saturated heterocycles. The van der Waals surface area contributed by atoms with Crippen LogP contribution in [0.25, 0.3) is 0 Å². The second kappa shape index (κ2) is 13.2. The highest BCUT2D eigenvalue weighted by molar-refractivity contribution is 7.89. The van der Waals surface area contributed by atoms with Gasteiger partial charge in [-0.3, -0.25) is 0 Å². The van der Waals surface area contributed by atoms with E-state index >= 15 is 0 Å². The minimum absolute atomic E-state index is 0.421. The van der Waals surface area contributed by atoms with E-state index in [1.807, 2.05) is 12.1 Å². The maximum atomic E-state index is 13.1. The smallest absolute Gasteiger partial charge is 0.243 e. The van der Waals surface area contributed by atoms with Crippen molar-refractivity contribution in [1.29, 1.82) is 0 Å². The molecule has 0 spiro atoms. The Morgan fingerprint density at radius 3 is 1.48 bits per heavy atom. The van der Waals surface area contributed by atoms with Crippen molar-refractivity contribution < 1.29 is 8.42 Å². The molecule has 0 unspecified atom stereocenters. The van der Waals surface area contributed by atoms with Crippen LogP contribution in [0.1, 0.15) is 79.1 Å². The van der Waals surface area contributed by atoms with Crippen LogP contribution >= 0.6 is 0 Å². The summed E-state index contributed by atoms with van der Waals surface area (Å²) >= 11 is 0. The molecule has 1 aromatic carbocycles. The van der Waals surface area contributed by atoms with E-state index in [0.717, 1.165) is 57.3 Å². The SMILES string of the molecule is CCCCN(CCCC)c1ccc(S(=O)(=O)N(CCCC)CCCC)cc1. The van der Waals surface area contributed by atoms with Gasteiger partial charge in [0.25, 0.3) is 0 Å². The molecule has 0 amide bonds. The molecule has 0 radical (unpaired) electrons. The molecular weight excluding hydrogens is 356 g/mol. The summed E-state index contributed by atoms with van der Waals surface area (Å²) in [7, 11) is -3.41. The number of unbranched alkanes of at least 4 members (excludes halogenated alkanes) is 4. The third-order valence-electron chi connectivity index (χ3n) is 4.92. The van der Waals surface area contributed by atoms with Gasteiger partial charge >= 0.3 is 0 Å². The maximum absolute atomic E-state index is 13.1. The van der Waals surface area contributed by atoms with Gasteiger partial charge in [0.05, 0.1) is 4.90 Å². The zero-order valence-corrected chi connectivity index (χ0v) is 18.7. The number of rotatable bonds is 15. The van der Waals surface area contributed by atoms with Crippen LogP contribution in [-0.4, -0.2) is 38.9 Å². The quantitative estimate of drug-likeness (QED) is 0.383. The summed E-state index contributed by atoms with van der Waals surface area (Å²) in [5.41, 5.74) is 1.13. The van der Waals surface area contributed by atoms with E-state index in [2.05, 4.69) is 32.6 Å². The summed E-state index contributed by atoms with van der Waals surface area (Å²) in [4.78, 5) is 2.80. The molecular formula is C22H40N2O2S. The molecule has 1 rings (SSSR count). The van der Waals surface area contributed by atoms with E-state index in [9.17, 15) is 8.42 Å². The number of hydrogen-bond donors (Lipinski definition) is 0. The highest BCUT2D eigenvalue weighted by Gasteiger charge is 2.23. The van der Waals surface area contributed by atoms with Crippen molar-refractivity contribution in [3.63, 3.8) is 0 Å². The first kappa shape index (κ1) is 24.0. The number of sulfonamides is 1. The molecule has 0 bridgehead atoms. The van der Waals surface area contributed by atoms with Gasteiger partial charge in [0.15, 0.2) is 0 Å². The lowest BCUT2D eigenvalue weighted by Gasteiger charge is -2.26. The highest BCUT2D eigenvalue weighted by Crippen LogP contribution is 2.22. The summed E-state index contributed by atoms with van der Waals surface area (Å²) in [6.07, 6.45) is 8.46. The van der Waals surface area contributed by atoms with E-state index in [-0.39, 0.29) is 0 Å². The molecule has 0 aliphatic carbocycles. The van der Waals surface area contributed by atoms with Crippen molar-refractivity contribution in [2.45, 2.75) is 84.0 Å². The van der Waals surface area contributed by atoms with Gasteiger partial charge in [-0.05, 0) is 49.9 Å². The summed E-state index contributed by atoms with van der Waals surface area (Å²) < 4.78 is 27.8. The van der Waals surface area contributed by atoms with Crippen molar-refractivity contribution in [1.82, 2.24) is 4.31 Å². The van der Waals surface area contributed by atoms with Gasteiger partial charge in [0, 0.05) is 31.9 Å². The molecule has 27 heavy (non-hydrogen) atoms. The van der Waals surface area contributed by atoms with Gasteiger partial charge in [-0.1, -0.05) is 53.4 Å². The first-order chi connectivity index (χ1) is 13.0. The standard InChI is InChI=1S/C22H40N2O2S/c1-5-9-17-23(18-10-6-2)21-13-15-22(16-14-21)27(25,26)24(19-11-7-3)20-12-8-4/h13-16H,5-12,17-20H2,1-4H3. The second-order valence-corrected chi connectivity index (χ2v) is 9.24. The van der Waals surface area contributed by atoms with Crippen LogP contribution in [-0.2, 0) is 10.0 Å². The third-order valence-corrected chi connectivity index (χ3v) is 6.84. The Kier molecular flexibility index (Phi) is 11.7. The van der Waals surface area contributed by atoms with Crippen molar-refractivity contribution in [2.24, 2.45) is 0 Å². The van der Waals surface area contributed by atoms with Crippen molar-refractivity contribution >= 4 is 15.7 Å². The maximum Gasteiger partial charge on any atom is 0.243 e. The van der Waals surface area contributed by atoms with Crippen molar-refractivity contribution in [2.75, 3.05) is 31.1 Å². The molecule has 156 valence electrons. The average molecular weight is 397 g/mol. The van der Waals surface area contributed by atoms with E-state index in [4.69, 9.17) is 0 Å². The molecule has 4 nitrogen and oxygen atoms in total. The van der Waals surface area contributed by atoms with Crippen LogP contribution in [0.5, 0.6) is 0 Å². The van der Waals surface area contributed by atoms with Crippen LogP contribution in [0.4, 0.5) is 5.69 Å². The van der Waals surface area contributed by atoms with Crippen molar-refractivity contribution in [3.05, 3.63) is 24.3 Å². The second-order valence-electron chi connectivity index (χ2n) is 7.30. The van der Waals surface area contributed by atoms with E-state index < -0.39 is 10.0 Å². The van der Waals surface area contributed by atoms with E-state index in [1.165, 1.54) is 12.8 Å². The molecule has 0 heterocycles. The average Bonchev–Trinajstić information content (AvgIpc) is 2.68. The minimum Gasteiger partial charge on any atom is -0.372 e. The Balaban J connectivity index is 2.97. The van der Waals surface area contributed by atoms with Crippen LogP contribution in [0.3, 0.4) is 0 Å². The van der Waals surface area contributed by atoms with Crippen LogP contribution < -0.4 is 4.90 Å². The van der Waals surface area contributed by atoms with Gasteiger partial charge in [0.1, 0.15) is 0 Å². The fraction of sp³-hybridized carbons (Fsp3) is 0.727. The molecule has 0 saturated carbocycles. The lowest BCUT2D eigenvalue weighted by Crippen LogP contribution is -2.33. The van der Waals surface area contributed by atoms with Crippen LogP contribution in [0.2, 0.25) is 0 Å². The van der Waals surface area contributed by atoms with Crippen LogP contribution in [0.15, 0.2) is 29.2 Å². The van der Waals surface area contributed by atoms with Gasteiger partial charge < -0.3 is 4.90 Å². The van der Waals surface area contributed by atoms with E-state index in [1.54, 1.807) is 16.4 Å². The molecule has 0 aromatic heterocycles. The zero-order valence-electron chi connectivity index (χ0n) is 17.9. The van der Waals surface area contributed by atoms with E-state index in [0.29, 0.717) is 18.0 Å². The first-order valence-corrected chi connectivity index (χ1v) is 12.3. The molecule has 5 heteroatoms. The molecule has 0 atom stereocenters. The minimum atomic E-state index is -3.41. The summed E-state index contributed by atoms with van der Waals surface area (Å²) in [5.74, 6) is 0. The van der Waals surface area contributed by atoms with Gasteiger partial charge in [-0.25, -0.2) is 8.42 Å². The monoisotopic (exact) mass is 396 g/mol. The van der Waals surface area contributed by atoms with Gasteiger partial charge in [0.2, 0.25) is 10.0 Å². The van der Waals surface area contributed by atoms with Gasteiger partial charge in [-0.15, -0.1) is 0 Å². The molecule has 0 aliphatic heterocycles. The predicted molar refractivity (Wildman–Crippen MR) is 117 cm³/mol. The Bertz CT molecular complexity index is 583. The first-order valence-electron chi connectivity index (χ1n) is 10.9. The molecule has 0 N–H and O–H groups in total.